The number of hydrogen-bond acceptors (Lipinski definition) is 2. The maximum atomic E-state index is 13.3. The zero-order valence-electron chi connectivity index (χ0n) is 20.4. The first-order valence-electron chi connectivity index (χ1n) is 12.3. The Labute approximate surface area is 193 Å². The van der Waals surface area contributed by atoms with Crippen LogP contribution in [0.5, 0.6) is 0 Å². The molecule has 2 N–H and O–H groups in total. The van der Waals surface area contributed by atoms with Crippen LogP contribution in [0.25, 0.3) is 5.57 Å². The van der Waals surface area contributed by atoms with Gasteiger partial charge in [0.25, 0.3) is 11.8 Å². The molecule has 32 heavy (non-hydrogen) atoms. The topological polar surface area (TPSA) is 58.2 Å². The van der Waals surface area contributed by atoms with Gasteiger partial charge in [-0.25, -0.2) is 0 Å². The molecule has 1 heterocycles. The molecule has 2 aliphatic rings. The van der Waals surface area contributed by atoms with Crippen molar-refractivity contribution in [2.45, 2.75) is 86.0 Å². The number of amides is 2. The summed E-state index contributed by atoms with van der Waals surface area (Å²) in [6, 6.07) is 6.24. The first-order chi connectivity index (χ1) is 15.4. The molecular weight excluding hydrogens is 396 g/mol. The first-order valence-corrected chi connectivity index (χ1v) is 12.3. The van der Waals surface area contributed by atoms with Crippen LogP contribution in [0.4, 0.5) is 5.69 Å². The summed E-state index contributed by atoms with van der Waals surface area (Å²) in [6.45, 7) is 11.3. The summed E-state index contributed by atoms with van der Waals surface area (Å²) in [5.74, 6) is 0.0154. The number of aryl methyl sites for hydroxylation is 1. The Kier molecular flexibility index (Phi) is 8.11. The molecule has 0 spiro atoms. The highest BCUT2D eigenvalue weighted by atomic mass is 16.2. The molecule has 1 aliphatic heterocycles. The van der Waals surface area contributed by atoms with Crippen LogP contribution in [0.3, 0.4) is 0 Å². The van der Waals surface area contributed by atoms with Crippen molar-refractivity contribution in [2.75, 3.05) is 11.9 Å². The SMILES string of the molecule is CCCCNC(=O)/C(C1=C(C)/C(=C2\C(=O)Nc3ccc(CC)cc32)CCC1)=C(\C)CCC. The largest absolute Gasteiger partial charge is 0.352 e. The lowest BCUT2D eigenvalue weighted by Gasteiger charge is -2.25. The van der Waals surface area contributed by atoms with E-state index in [4.69, 9.17) is 0 Å². The monoisotopic (exact) mass is 434 g/mol. The summed E-state index contributed by atoms with van der Waals surface area (Å²) < 4.78 is 0. The Bertz CT molecular complexity index is 995. The van der Waals surface area contributed by atoms with Gasteiger partial charge in [0.15, 0.2) is 0 Å². The summed E-state index contributed by atoms with van der Waals surface area (Å²) >= 11 is 0. The Hall–Kier alpha value is -2.62. The molecule has 1 aromatic rings. The second-order valence-electron chi connectivity index (χ2n) is 9.01. The number of allylic oxidation sites excluding steroid dienone is 3. The highest BCUT2D eigenvalue weighted by molar-refractivity contribution is 6.32. The third kappa shape index (κ3) is 4.90. The Morgan fingerprint density at radius 1 is 1.12 bits per heavy atom. The number of hydrogen-bond donors (Lipinski definition) is 2. The van der Waals surface area contributed by atoms with E-state index in [0.29, 0.717) is 6.54 Å². The average Bonchev–Trinajstić information content (AvgIpc) is 3.10. The van der Waals surface area contributed by atoms with Gasteiger partial charge in [0, 0.05) is 23.4 Å². The van der Waals surface area contributed by atoms with E-state index in [1.54, 1.807) is 0 Å². The second kappa shape index (κ2) is 10.8. The molecule has 0 saturated carbocycles. The van der Waals surface area contributed by atoms with Crippen LogP contribution < -0.4 is 10.6 Å². The number of fused-ring (bicyclic) bond motifs is 1. The number of benzene rings is 1. The van der Waals surface area contributed by atoms with Gasteiger partial charge in [-0.2, -0.15) is 0 Å². The molecule has 0 atom stereocenters. The minimum Gasteiger partial charge on any atom is -0.352 e. The van der Waals surface area contributed by atoms with Gasteiger partial charge in [0.1, 0.15) is 0 Å². The Morgan fingerprint density at radius 2 is 1.91 bits per heavy atom. The molecule has 0 radical (unpaired) electrons. The number of nitrogens with one attached hydrogen (secondary N) is 2. The first kappa shape index (κ1) is 24.0. The van der Waals surface area contributed by atoms with E-state index in [1.807, 2.05) is 6.07 Å². The van der Waals surface area contributed by atoms with E-state index in [-0.39, 0.29) is 11.8 Å². The van der Waals surface area contributed by atoms with Crippen LogP contribution >= 0.6 is 0 Å². The second-order valence-corrected chi connectivity index (χ2v) is 9.01. The molecule has 3 rings (SSSR count). The normalized spacial score (nSPS) is 19.0. The highest BCUT2D eigenvalue weighted by Crippen LogP contribution is 2.43. The van der Waals surface area contributed by atoms with Crippen molar-refractivity contribution in [3.05, 3.63) is 57.2 Å². The Morgan fingerprint density at radius 3 is 2.59 bits per heavy atom. The third-order valence-electron chi connectivity index (χ3n) is 6.69. The third-order valence-corrected chi connectivity index (χ3v) is 6.69. The van der Waals surface area contributed by atoms with E-state index in [2.05, 4.69) is 57.4 Å². The molecule has 2 amide bonds. The molecule has 0 saturated heterocycles. The van der Waals surface area contributed by atoms with Gasteiger partial charge in [-0.05, 0) is 86.8 Å². The van der Waals surface area contributed by atoms with Gasteiger partial charge >= 0.3 is 0 Å². The van der Waals surface area contributed by atoms with Crippen LogP contribution in [0.15, 0.2) is 46.1 Å². The van der Waals surface area contributed by atoms with E-state index >= 15 is 0 Å². The lowest BCUT2D eigenvalue weighted by molar-refractivity contribution is -0.117. The minimum atomic E-state index is -0.0212. The van der Waals surface area contributed by atoms with Crippen molar-refractivity contribution in [1.29, 1.82) is 0 Å². The number of unbranched alkanes of at least 4 members (excludes halogenated alkanes) is 1. The van der Waals surface area contributed by atoms with E-state index in [0.717, 1.165) is 96.1 Å². The fourth-order valence-electron chi connectivity index (χ4n) is 4.91. The van der Waals surface area contributed by atoms with E-state index in [1.165, 1.54) is 5.56 Å². The van der Waals surface area contributed by atoms with Crippen molar-refractivity contribution in [3.63, 3.8) is 0 Å². The average molecular weight is 435 g/mol. The molecular formula is C28H38N2O2. The van der Waals surface area contributed by atoms with Gasteiger partial charge in [0.2, 0.25) is 0 Å². The number of anilines is 1. The van der Waals surface area contributed by atoms with Crippen LogP contribution in [-0.2, 0) is 16.0 Å². The summed E-state index contributed by atoms with van der Waals surface area (Å²) in [5, 5.41) is 6.19. The van der Waals surface area contributed by atoms with Crippen LogP contribution in [-0.4, -0.2) is 18.4 Å². The van der Waals surface area contributed by atoms with Gasteiger partial charge in [-0.1, -0.05) is 45.3 Å². The molecule has 0 bridgehead atoms. The number of carbonyl (C=O) groups is 2. The van der Waals surface area contributed by atoms with Gasteiger partial charge in [-0.15, -0.1) is 0 Å². The maximum Gasteiger partial charge on any atom is 0.256 e. The zero-order valence-corrected chi connectivity index (χ0v) is 20.4. The fraction of sp³-hybridized carbons (Fsp3) is 0.500. The minimum absolute atomic E-state index is 0.0212. The van der Waals surface area contributed by atoms with Crippen molar-refractivity contribution < 1.29 is 9.59 Å². The fourth-order valence-corrected chi connectivity index (χ4v) is 4.91. The van der Waals surface area contributed by atoms with Crippen molar-refractivity contribution in [3.8, 4) is 0 Å². The summed E-state index contributed by atoms with van der Waals surface area (Å²) in [4.78, 5) is 26.3. The van der Waals surface area contributed by atoms with Crippen molar-refractivity contribution in [1.82, 2.24) is 5.32 Å². The number of carbonyl (C=O) groups excluding carboxylic acids is 2. The standard InChI is InChI=1S/C28H38N2O2/c1-6-9-16-29-27(31)25(18(4)11-7-2)21-12-10-13-22(19(21)5)26-23-17-20(8-3)14-15-24(23)30-28(26)32/h14-15,17H,6-13,16H2,1-5H3,(H,29,31)(H,30,32)/b25-18+,26-22-. The molecule has 4 heteroatoms. The molecule has 0 unspecified atom stereocenters. The molecule has 172 valence electrons. The summed E-state index contributed by atoms with van der Waals surface area (Å²) in [6.07, 6.45) is 7.58. The van der Waals surface area contributed by atoms with Crippen LogP contribution in [0.1, 0.15) is 90.7 Å². The van der Waals surface area contributed by atoms with Gasteiger partial charge < -0.3 is 10.6 Å². The predicted molar refractivity (Wildman–Crippen MR) is 133 cm³/mol. The zero-order chi connectivity index (χ0) is 23.3. The molecule has 1 aliphatic carbocycles. The molecule has 4 nitrogen and oxygen atoms in total. The predicted octanol–water partition coefficient (Wildman–Crippen LogP) is 6.49. The highest BCUT2D eigenvalue weighted by Gasteiger charge is 2.31. The smallest absolute Gasteiger partial charge is 0.256 e. The molecule has 0 aromatic heterocycles. The van der Waals surface area contributed by atoms with Gasteiger partial charge in [0.05, 0.1) is 5.57 Å². The summed E-state index contributed by atoms with van der Waals surface area (Å²) in [5.41, 5.74) is 9.23. The summed E-state index contributed by atoms with van der Waals surface area (Å²) in [7, 11) is 0. The Balaban J connectivity index is 2.12. The van der Waals surface area contributed by atoms with Crippen molar-refractivity contribution in [2.24, 2.45) is 0 Å². The molecule has 0 fully saturated rings. The lowest BCUT2D eigenvalue weighted by Crippen LogP contribution is -2.28. The van der Waals surface area contributed by atoms with E-state index < -0.39 is 0 Å². The quantitative estimate of drug-likeness (QED) is 0.363. The maximum absolute atomic E-state index is 13.3. The van der Waals surface area contributed by atoms with Crippen LogP contribution in [0.2, 0.25) is 0 Å². The van der Waals surface area contributed by atoms with Gasteiger partial charge in [-0.3, -0.25) is 9.59 Å². The molecule has 1 aromatic carbocycles. The van der Waals surface area contributed by atoms with E-state index in [9.17, 15) is 9.59 Å². The lowest BCUT2D eigenvalue weighted by atomic mass is 9.79. The van der Waals surface area contributed by atoms with Crippen LogP contribution in [0, 0.1) is 0 Å². The number of rotatable bonds is 8. The van der Waals surface area contributed by atoms with Crippen molar-refractivity contribution >= 4 is 23.1 Å².